The van der Waals surface area contributed by atoms with E-state index in [1.165, 1.54) is 15.4 Å². The van der Waals surface area contributed by atoms with Crippen LogP contribution in [0.25, 0.3) is 10.9 Å². The van der Waals surface area contributed by atoms with Gasteiger partial charge in [-0.1, -0.05) is 54.6 Å². The highest BCUT2D eigenvalue weighted by Crippen LogP contribution is 2.38. The molecule has 0 aliphatic heterocycles. The number of aromatic nitrogens is 1. The first kappa shape index (κ1) is 12.6. The van der Waals surface area contributed by atoms with E-state index in [4.69, 9.17) is 11.6 Å². The van der Waals surface area contributed by atoms with Crippen LogP contribution in [0, 0.1) is 0 Å². The van der Waals surface area contributed by atoms with Crippen molar-refractivity contribution in [3.8, 4) is 0 Å². The molecule has 0 aliphatic rings. The molecule has 96 valence electrons. The van der Waals surface area contributed by atoms with Gasteiger partial charge in [0.05, 0.1) is 5.02 Å². The van der Waals surface area contributed by atoms with Crippen molar-refractivity contribution in [2.24, 2.45) is 0 Å². The van der Waals surface area contributed by atoms with Gasteiger partial charge in [-0.2, -0.15) is 0 Å². The molecule has 0 spiro atoms. The average molecular weight is 288 g/mol. The molecule has 1 aromatic heterocycles. The van der Waals surface area contributed by atoms with Crippen LogP contribution in [-0.2, 0) is 6.42 Å². The van der Waals surface area contributed by atoms with Gasteiger partial charge in [-0.25, -0.2) is 0 Å². The summed E-state index contributed by atoms with van der Waals surface area (Å²) in [5.74, 6) is 0. The lowest BCUT2D eigenvalue weighted by atomic mass is 10.2. The Morgan fingerprint density at radius 1 is 1.05 bits per heavy atom. The Labute approximate surface area is 122 Å². The van der Waals surface area contributed by atoms with Crippen LogP contribution >= 0.6 is 23.4 Å². The Kier molecular flexibility index (Phi) is 3.54. The molecule has 0 saturated heterocycles. The third-order valence-corrected chi connectivity index (χ3v) is 4.67. The van der Waals surface area contributed by atoms with Gasteiger partial charge in [0.15, 0.2) is 0 Å². The first-order chi connectivity index (χ1) is 9.29. The van der Waals surface area contributed by atoms with Gasteiger partial charge in [0.25, 0.3) is 0 Å². The molecular weight excluding hydrogens is 274 g/mol. The maximum absolute atomic E-state index is 6.31. The summed E-state index contributed by atoms with van der Waals surface area (Å²) in [6, 6.07) is 14.5. The number of nitrogens with one attached hydrogen (secondary N) is 1. The van der Waals surface area contributed by atoms with E-state index in [0.29, 0.717) is 0 Å². The highest BCUT2D eigenvalue weighted by atomic mass is 35.5. The minimum absolute atomic E-state index is 0.801. The van der Waals surface area contributed by atoms with Gasteiger partial charge in [0, 0.05) is 26.9 Å². The van der Waals surface area contributed by atoms with E-state index in [9.17, 15) is 0 Å². The summed E-state index contributed by atoms with van der Waals surface area (Å²) < 4.78 is 0. The molecule has 0 aliphatic carbocycles. The Morgan fingerprint density at radius 2 is 1.89 bits per heavy atom. The summed E-state index contributed by atoms with van der Waals surface area (Å²) >= 11 is 8.08. The molecule has 3 heteroatoms. The fourth-order valence-electron chi connectivity index (χ4n) is 2.20. The monoisotopic (exact) mass is 287 g/mol. The topological polar surface area (TPSA) is 15.8 Å². The molecule has 0 radical (unpaired) electrons. The van der Waals surface area contributed by atoms with E-state index >= 15 is 0 Å². The smallest absolute Gasteiger partial charge is 0.0511 e. The van der Waals surface area contributed by atoms with Crippen molar-refractivity contribution >= 4 is 34.3 Å². The van der Waals surface area contributed by atoms with Gasteiger partial charge < -0.3 is 4.98 Å². The van der Waals surface area contributed by atoms with Crippen molar-refractivity contribution in [2.75, 3.05) is 0 Å². The maximum atomic E-state index is 6.31. The van der Waals surface area contributed by atoms with Gasteiger partial charge in [0.1, 0.15) is 0 Å². The molecule has 1 nitrogen and oxygen atoms in total. The molecule has 0 unspecified atom stereocenters. The zero-order valence-electron chi connectivity index (χ0n) is 10.6. The number of benzene rings is 2. The normalized spacial score (nSPS) is 11.1. The minimum atomic E-state index is 0.801. The second-order valence-electron chi connectivity index (χ2n) is 4.38. The molecule has 0 amide bonds. The third-order valence-electron chi connectivity index (χ3n) is 3.19. The lowest BCUT2D eigenvalue weighted by Gasteiger charge is -2.06. The minimum Gasteiger partial charge on any atom is -0.360 e. The summed E-state index contributed by atoms with van der Waals surface area (Å²) in [7, 11) is 0. The molecule has 1 N–H and O–H groups in total. The van der Waals surface area contributed by atoms with Gasteiger partial charge in [-0.15, -0.1) is 0 Å². The average Bonchev–Trinajstić information content (AvgIpc) is 2.84. The molecule has 0 fully saturated rings. The quantitative estimate of drug-likeness (QED) is 0.669. The third kappa shape index (κ3) is 2.38. The van der Waals surface area contributed by atoms with Crippen LogP contribution in [0.3, 0.4) is 0 Å². The highest BCUT2D eigenvalue weighted by Gasteiger charge is 2.10. The van der Waals surface area contributed by atoms with Crippen LogP contribution < -0.4 is 0 Å². The van der Waals surface area contributed by atoms with Gasteiger partial charge >= 0.3 is 0 Å². The van der Waals surface area contributed by atoms with E-state index in [2.05, 4.69) is 42.2 Å². The Hall–Kier alpha value is -1.38. The van der Waals surface area contributed by atoms with Crippen molar-refractivity contribution in [3.63, 3.8) is 0 Å². The fourth-order valence-corrected chi connectivity index (χ4v) is 3.70. The number of hydrogen-bond donors (Lipinski definition) is 1. The number of hydrogen-bond acceptors (Lipinski definition) is 1. The second-order valence-corrected chi connectivity index (χ2v) is 5.87. The Bertz CT molecular complexity index is 718. The number of H-pyrrole nitrogens is 1. The molecule has 1 heterocycles. The zero-order chi connectivity index (χ0) is 13.2. The summed E-state index contributed by atoms with van der Waals surface area (Å²) in [6.07, 6.45) is 3.08. The van der Waals surface area contributed by atoms with E-state index in [-0.39, 0.29) is 0 Å². The van der Waals surface area contributed by atoms with Crippen molar-refractivity contribution in [1.29, 1.82) is 0 Å². The number of fused-ring (bicyclic) bond motifs is 1. The van der Waals surface area contributed by atoms with Crippen LogP contribution in [-0.4, -0.2) is 4.98 Å². The first-order valence-electron chi connectivity index (χ1n) is 6.31. The molecular formula is C16H14ClNS. The summed E-state index contributed by atoms with van der Waals surface area (Å²) in [6.45, 7) is 2.18. The standard InChI is InChI=1S/C16H14ClNS/c1-2-11-6-3-4-9-14(11)19-15-10-18-13-8-5-7-12(17)16(13)15/h3-10,18H,2H2,1H3. The van der Waals surface area contributed by atoms with Crippen LogP contribution in [0.5, 0.6) is 0 Å². The zero-order valence-corrected chi connectivity index (χ0v) is 12.2. The van der Waals surface area contributed by atoms with Crippen molar-refractivity contribution in [2.45, 2.75) is 23.1 Å². The van der Waals surface area contributed by atoms with Gasteiger partial charge in [0.2, 0.25) is 0 Å². The highest BCUT2D eigenvalue weighted by molar-refractivity contribution is 7.99. The first-order valence-corrected chi connectivity index (χ1v) is 7.50. The molecule has 19 heavy (non-hydrogen) atoms. The lowest BCUT2D eigenvalue weighted by molar-refractivity contribution is 1.08. The van der Waals surface area contributed by atoms with E-state index in [0.717, 1.165) is 22.3 Å². The van der Waals surface area contributed by atoms with Crippen molar-refractivity contribution < 1.29 is 0 Å². The fraction of sp³-hybridized carbons (Fsp3) is 0.125. The molecule has 3 rings (SSSR count). The van der Waals surface area contributed by atoms with Gasteiger partial charge in [-0.3, -0.25) is 0 Å². The molecule has 0 saturated carbocycles. The van der Waals surface area contributed by atoms with E-state index in [1.807, 2.05) is 18.3 Å². The molecule has 0 bridgehead atoms. The summed E-state index contributed by atoms with van der Waals surface area (Å²) in [5, 5.41) is 1.91. The van der Waals surface area contributed by atoms with E-state index in [1.54, 1.807) is 11.8 Å². The predicted molar refractivity (Wildman–Crippen MR) is 83.3 cm³/mol. The lowest BCUT2D eigenvalue weighted by Crippen LogP contribution is -1.83. The maximum Gasteiger partial charge on any atom is 0.0511 e. The van der Waals surface area contributed by atoms with Crippen LogP contribution in [0.4, 0.5) is 0 Å². The molecule has 2 aromatic carbocycles. The number of rotatable bonds is 3. The van der Waals surface area contributed by atoms with Crippen molar-refractivity contribution in [3.05, 3.63) is 59.2 Å². The second kappa shape index (κ2) is 5.32. The van der Waals surface area contributed by atoms with Crippen LogP contribution in [0.2, 0.25) is 5.02 Å². The number of halogens is 1. The van der Waals surface area contributed by atoms with Crippen LogP contribution in [0.15, 0.2) is 58.5 Å². The van der Waals surface area contributed by atoms with Gasteiger partial charge in [-0.05, 0) is 30.2 Å². The number of aromatic amines is 1. The van der Waals surface area contributed by atoms with E-state index < -0.39 is 0 Å². The number of aryl methyl sites for hydroxylation is 1. The van der Waals surface area contributed by atoms with Crippen molar-refractivity contribution in [1.82, 2.24) is 4.98 Å². The summed E-state index contributed by atoms with van der Waals surface area (Å²) in [4.78, 5) is 5.76. The molecule has 3 aromatic rings. The predicted octanol–water partition coefficient (Wildman–Crippen LogP) is 5.53. The Balaban J connectivity index is 2.06. The molecule has 0 atom stereocenters. The summed E-state index contributed by atoms with van der Waals surface area (Å²) in [5.41, 5.74) is 2.46. The Morgan fingerprint density at radius 3 is 2.74 bits per heavy atom. The van der Waals surface area contributed by atoms with Crippen LogP contribution in [0.1, 0.15) is 12.5 Å². The SMILES string of the molecule is CCc1ccccc1Sc1c[nH]c2cccc(Cl)c12. The largest absolute Gasteiger partial charge is 0.360 e.